The summed E-state index contributed by atoms with van der Waals surface area (Å²) in [4.78, 5) is 8.79. The van der Waals surface area contributed by atoms with Gasteiger partial charge in [-0.1, -0.05) is 0 Å². The van der Waals surface area contributed by atoms with Gasteiger partial charge in [0.25, 0.3) is 0 Å². The lowest BCUT2D eigenvalue weighted by molar-refractivity contribution is 0.412. The first-order valence-electron chi connectivity index (χ1n) is 6.41. The van der Waals surface area contributed by atoms with Crippen LogP contribution in [0.15, 0.2) is 28.7 Å². The van der Waals surface area contributed by atoms with Crippen molar-refractivity contribution in [2.45, 2.75) is 18.8 Å². The minimum Gasteiger partial charge on any atom is -0.496 e. The van der Waals surface area contributed by atoms with Crippen molar-refractivity contribution in [3.63, 3.8) is 0 Å². The summed E-state index contributed by atoms with van der Waals surface area (Å²) in [6, 6.07) is 7.50. The maximum atomic E-state index is 5.83. The van der Waals surface area contributed by atoms with E-state index in [-0.39, 0.29) is 0 Å². The van der Waals surface area contributed by atoms with Crippen molar-refractivity contribution in [1.82, 2.24) is 9.97 Å². The van der Waals surface area contributed by atoms with Crippen molar-refractivity contribution in [3.8, 4) is 5.75 Å². The molecule has 104 valence electrons. The van der Waals surface area contributed by atoms with Crippen molar-refractivity contribution < 1.29 is 4.74 Å². The molecule has 5 nitrogen and oxygen atoms in total. The highest BCUT2D eigenvalue weighted by atomic mass is 79.9. The van der Waals surface area contributed by atoms with Crippen LogP contribution in [0.1, 0.15) is 24.6 Å². The number of ether oxygens (including phenoxy) is 1. The molecule has 2 aromatic rings. The normalized spacial score (nSPS) is 14.1. The molecule has 3 N–H and O–H groups in total. The summed E-state index contributed by atoms with van der Waals surface area (Å²) < 4.78 is 6.09. The fourth-order valence-corrected chi connectivity index (χ4v) is 2.51. The molecule has 20 heavy (non-hydrogen) atoms. The Balaban J connectivity index is 1.85. The molecule has 0 unspecified atom stereocenters. The number of nitrogen functional groups attached to an aromatic ring is 1. The number of rotatable bonds is 4. The number of benzene rings is 1. The summed E-state index contributed by atoms with van der Waals surface area (Å²) in [6.45, 7) is 0. The largest absolute Gasteiger partial charge is 0.496 e. The number of aromatic nitrogens is 2. The summed E-state index contributed by atoms with van der Waals surface area (Å²) in [6.07, 6.45) is 2.30. The molecule has 1 aromatic heterocycles. The summed E-state index contributed by atoms with van der Waals surface area (Å²) in [7, 11) is 1.64. The van der Waals surface area contributed by atoms with E-state index in [1.54, 1.807) is 13.2 Å². The van der Waals surface area contributed by atoms with Gasteiger partial charge in [0.15, 0.2) is 0 Å². The lowest BCUT2D eigenvalue weighted by Gasteiger charge is -2.10. The molecule has 0 aliphatic heterocycles. The lowest BCUT2D eigenvalue weighted by atomic mass is 10.3. The first kappa shape index (κ1) is 13.2. The Kier molecular flexibility index (Phi) is 3.48. The van der Waals surface area contributed by atoms with Crippen LogP contribution in [-0.4, -0.2) is 17.1 Å². The Morgan fingerprint density at radius 2 is 2.10 bits per heavy atom. The predicted octanol–water partition coefficient (Wildman–Crippen LogP) is 3.45. The maximum absolute atomic E-state index is 5.83. The van der Waals surface area contributed by atoms with Gasteiger partial charge in [0.05, 0.1) is 11.6 Å². The first-order chi connectivity index (χ1) is 9.65. The number of hydrogen-bond acceptors (Lipinski definition) is 5. The van der Waals surface area contributed by atoms with Gasteiger partial charge in [0.1, 0.15) is 23.2 Å². The number of anilines is 3. The summed E-state index contributed by atoms with van der Waals surface area (Å²) in [5.41, 5.74) is 6.75. The van der Waals surface area contributed by atoms with Crippen LogP contribution in [0.25, 0.3) is 0 Å². The molecular weight excluding hydrogens is 320 g/mol. The SMILES string of the molecule is COc1ccc(Nc2cc(N)nc(C3CC3)n2)cc1Br. The van der Waals surface area contributed by atoms with E-state index in [2.05, 4.69) is 31.2 Å². The zero-order chi connectivity index (χ0) is 14.1. The summed E-state index contributed by atoms with van der Waals surface area (Å²) >= 11 is 3.46. The predicted molar refractivity (Wildman–Crippen MR) is 82.4 cm³/mol. The first-order valence-corrected chi connectivity index (χ1v) is 7.20. The average Bonchev–Trinajstić information content (AvgIpc) is 3.22. The van der Waals surface area contributed by atoms with Gasteiger partial charge in [-0.15, -0.1) is 0 Å². The smallest absolute Gasteiger partial charge is 0.136 e. The number of hydrogen-bond donors (Lipinski definition) is 2. The number of methoxy groups -OCH3 is 1. The van der Waals surface area contributed by atoms with Crippen LogP contribution in [0.3, 0.4) is 0 Å². The number of nitrogens with one attached hydrogen (secondary N) is 1. The van der Waals surface area contributed by atoms with Crippen LogP contribution in [0.5, 0.6) is 5.75 Å². The van der Waals surface area contributed by atoms with E-state index in [1.807, 2.05) is 18.2 Å². The number of nitrogens with zero attached hydrogens (tertiary/aromatic N) is 2. The van der Waals surface area contributed by atoms with E-state index in [0.29, 0.717) is 11.7 Å². The molecule has 0 amide bonds. The van der Waals surface area contributed by atoms with E-state index in [4.69, 9.17) is 10.5 Å². The highest BCUT2D eigenvalue weighted by Gasteiger charge is 2.27. The lowest BCUT2D eigenvalue weighted by Crippen LogP contribution is -2.02. The van der Waals surface area contributed by atoms with Crippen molar-refractivity contribution in [2.75, 3.05) is 18.2 Å². The zero-order valence-corrected chi connectivity index (χ0v) is 12.6. The second-order valence-electron chi connectivity index (χ2n) is 4.78. The molecule has 1 aliphatic carbocycles. The van der Waals surface area contributed by atoms with Crippen LogP contribution in [0.2, 0.25) is 0 Å². The Labute approximate surface area is 125 Å². The minimum absolute atomic E-state index is 0.474. The Morgan fingerprint density at radius 3 is 2.75 bits per heavy atom. The van der Waals surface area contributed by atoms with Gasteiger partial charge >= 0.3 is 0 Å². The van der Waals surface area contributed by atoms with E-state index >= 15 is 0 Å². The fraction of sp³-hybridized carbons (Fsp3) is 0.286. The molecule has 1 heterocycles. The van der Waals surface area contributed by atoms with Crippen LogP contribution in [-0.2, 0) is 0 Å². The molecule has 0 radical (unpaired) electrons. The standard InChI is InChI=1S/C14H15BrN4O/c1-20-11-5-4-9(6-10(11)15)17-13-7-12(16)18-14(19-13)8-2-3-8/h4-8H,2-3H2,1H3,(H3,16,17,18,19). The Bertz CT molecular complexity index is 643. The topological polar surface area (TPSA) is 73.1 Å². The third-order valence-corrected chi connectivity index (χ3v) is 3.75. The maximum Gasteiger partial charge on any atom is 0.136 e. The molecule has 0 saturated heterocycles. The van der Waals surface area contributed by atoms with Crippen LogP contribution in [0.4, 0.5) is 17.3 Å². The fourth-order valence-electron chi connectivity index (χ4n) is 1.97. The van der Waals surface area contributed by atoms with Gasteiger partial charge in [0.2, 0.25) is 0 Å². The average molecular weight is 335 g/mol. The van der Waals surface area contributed by atoms with Gasteiger partial charge in [0, 0.05) is 17.7 Å². The van der Waals surface area contributed by atoms with E-state index in [9.17, 15) is 0 Å². The molecule has 1 aliphatic rings. The third-order valence-electron chi connectivity index (χ3n) is 3.13. The molecule has 1 fully saturated rings. The molecule has 1 saturated carbocycles. The highest BCUT2D eigenvalue weighted by molar-refractivity contribution is 9.10. The van der Waals surface area contributed by atoms with Crippen LogP contribution < -0.4 is 15.8 Å². The van der Waals surface area contributed by atoms with Gasteiger partial charge in [-0.2, -0.15) is 0 Å². The van der Waals surface area contributed by atoms with Crippen molar-refractivity contribution in [1.29, 1.82) is 0 Å². The molecule has 0 bridgehead atoms. The van der Waals surface area contributed by atoms with Crippen molar-refractivity contribution in [3.05, 3.63) is 34.6 Å². The van der Waals surface area contributed by atoms with E-state index in [1.165, 1.54) is 0 Å². The highest BCUT2D eigenvalue weighted by Crippen LogP contribution is 2.39. The van der Waals surface area contributed by atoms with Gasteiger partial charge in [-0.3, -0.25) is 0 Å². The van der Waals surface area contributed by atoms with Crippen LogP contribution in [0, 0.1) is 0 Å². The van der Waals surface area contributed by atoms with Crippen molar-refractivity contribution in [2.24, 2.45) is 0 Å². The number of nitrogens with two attached hydrogens (primary N) is 1. The quantitative estimate of drug-likeness (QED) is 0.895. The minimum atomic E-state index is 0.474. The van der Waals surface area contributed by atoms with Crippen LogP contribution >= 0.6 is 15.9 Å². The molecule has 6 heteroatoms. The molecule has 0 spiro atoms. The number of halogens is 1. The van der Waals surface area contributed by atoms with Gasteiger partial charge < -0.3 is 15.8 Å². The summed E-state index contributed by atoms with van der Waals surface area (Å²) in [5, 5.41) is 3.24. The molecule has 1 aromatic carbocycles. The summed E-state index contributed by atoms with van der Waals surface area (Å²) in [5.74, 6) is 3.31. The third kappa shape index (κ3) is 2.85. The van der Waals surface area contributed by atoms with Gasteiger partial charge in [-0.25, -0.2) is 9.97 Å². The monoisotopic (exact) mass is 334 g/mol. The molecule has 3 rings (SSSR count). The Hall–Kier alpha value is -1.82. The second kappa shape index (κ2) is 5.28. The molecular formula is C14H15BrN4O. The van der Waals surface area contributed by atoms with Crippen molar-refractivity contribution >= 4 is 33.3 Å². The Morgan fingerprint density at radius 1 is 1.30 bits per heavy atom. The molecule has 0 atom stereocenters. The zero-order valence-electron chi connectivity index (χ0n) is 11.1. The van der Waals surface area contributed by atoms with E-state index < -0.39 is 0 Å². The van der Waals surface area contributed by atoms with E-state index in [0.717, 1.165) is 40.4 Å². The second-order valence-corrected chi connectivity index (χ2v) is 5.64. The van der Waals surface area contributed by atoms with Gasteiger partial charge in [-0.05, 0) is 47.0 Å².